The van der Waals surface area contributed by atoms with Crippen molar-refractivity contribution in [1.29, 1.82) is 0 Å². The van der Waals surface area contributed by atoms with E-state index in [4.69, 9.17) is 4.74 Å². The van der Waals surface area contributed by atoms with Crippen LogP contribution >= 0.6 is 0 Å². The van der Waals surface area contributed by atoms with Gasteiger partial charge in [0, 0.05) is 6.07 Å². The summed E-state index contributed by atoms with van der Waals surface area (Å²) in [4.78, 5) is 11.7. The van der Waals surface area contributed by atoms with Gasteiger partial charge in [0.25, 0.3) is 5.91 Å². The number of methoxy groups -OCH3 is 1. The molecule has 2 rings (SSSR count). The molecule has 1 aromatic carbocycles. The van der Waals surface area contributed by atoms with E-state index in [9.17, 15) is 22.4 Å². The molecule has 0 atom stereocenters. The van der Waals surface area contributed by atoms with E-state index in [1.807, 2.05) is 5.32 Å². The summed E-state index contributed by atoms with van der Waals surface area (Å²) >= 11 is 0. The largest absolute Gasteiger partial charge is 0.497 e. The smallest absolute Gasteiger partial charge is 0.411 e. The van der Waals surface area contributed by atoms with Gasteiger partial charge in [0.1, 0.15) is 17.1 Å². The zero-order valence-electron chi connectivity index (χ0n) is 9.97. The zero-order chi connectivity index (χ0) is 14.3. The number of hydrogen-bond acceptors (Lipinski definition) is 2. The summed E-state index contributed by atoms with van der Waals surface area (Å²) in [6.45, 7) is 0. The van der Waals surface area contributed by atoms with Gasteiger partial charge < -0.3 is 10.1 Å². The number of benzene rings is 1. The molecule has 1 fully saturated rings. The van der Waals surface area contributed by atoms with Crippen LogP contribution < -0.4 is 10.1 Å². The van der Waals surface area contributed by atoms with Crippen molar-refractivity contribution in [3.05, 3.63) is 29.6 Å². The molecular weight excluding hydrogens is 266 g/mol. The summed E-state index contributed by atoms with van der Waals surface area (Å²) in [6.07, 6.45) is -4.88. The van der Waals surface area contributed by atoms with Crippen LogP contribution in [0.5, 0.6) is 5.75 Å². The topological polar surface area (TPSA) is 38.3 Å². The van der Waals surface area contributed by atoms with Crippen molar-refractivity contribution in [2.45, 2.75) is 24.6 Å². The quantitative estimate of drug-likeness (QED) is 0.863. The van der Waals surface area contributed by atoms with Crippen molar-refractivity contribution in [2.75, 3.05) is 7.11 Å². The van der Waals surface area contributed by atoms with Crippen molar-refractivity contribution < 1.29 is 27.1 Å². The zero-order valence-corrected chi connectivity index (χ0v) is 9.97. The average molecular weight is 277 g/mol. The molecule has 7 heteroatoms. The number of nitrogens with one attached hydrogen (secondary N) is 1. The van der Waals surface area contributed by atoms with Crippen LogP contribution in [0, 0.1) is 5.82 Å². The number of carbonyl (C=O) groups is 1. The highest BCUT2D eigenvalue weighted by atomic mass is 19.4. The Balaban J connectivity index is 2.18. The molecule has 19 heavy (non-hydrogen) atoms. The third-order valence-corrected chi connectivity index (χ3v) is 3.07. The van der Waals surface area contributed by atoms with Crippen LogP contribution in [0.4, 0.5) is 17.6 Å². The van der Waals surface area contributed by atoms with Crippen molar-refractivity contribution in [3.63, 3.8) is 0 Å². The average Bonchev–Trinajstić information content (AvgIpc) is 3.08. The summed E-state index contributed by atoms with van der Waals surface area (Å²) in [5.41, 5.74) is -2.63. The lowest BCUT2D eigenvalue weighted by atomic mass is 10.1. The lowest BCUT2D eigenvalue weighted by Crippen LogP contribution is -2.48. The van der Waals surface area contributed by atoms with Crippen LogP contribution in [-0.4, -0.2) is 24.7 Å². The molecule has 0 bridgehead atoms. The lowest BCUT2D eigenvalue weighted by molar-refractivity contribution is -0.163. The van der Waals surface area contributed by atoms with Gasteiger partial charge in [-0.05, 0) is 25.0 Å². The first kappa shape index (κ1) is 13.6. The van der Waals surface area contributed by atoms with E-state index < -0.39 is 29.0 Å². The summed E-state index contributed by atoms with van der Waals surface area (Å²) in [7, 11) is 1.32. The number of amides is 1. The highest BCUT2D eigenvalue weighted by Crippen LogP contribution is 2.49. The predicted molar refractivity (Wildman–Crippen MR) is 58.4 cm³/mol. The Bertz CT molecular complexity index is 509. The fourth-order valence-corrected chi connectivity index (χ4v) is 1.70. The SMILES string of the molecule is COc1ccc(C(=O)NC2(C(F)(F)F)CC2)c(F)c1. The molecule has 1 aliphatic rings. The number of rotatable bonds is 3. The lowest BCUT2D eigenvalue weighted by Gasteiger charge is -2.20. The molecule has 0 aliphatic heterocycles. The van der Waals surface area contributed by atoms with Gasteiger partial charge in [-0.1, -0.05) is 0 Å². The Labute approximate surface area is 106 Å². The van der Waals surface area contributed by atoms with E-state index in [0.29, 0.717) is 0 Å². The summed E-state index contributed by atoms with van der Waals surface area (Å²) < 4.78 is 56.3. The van der Waals surface area contributed by atoms with Crippen LogP contribution in [0.25, 0.3) is 0 Å². The second kappa shape index (κ2) is 4.40. The minimum Gasteiger partial charge on any atom is -0.497 e. The van der Waals surface area contributed by atoms with Gasteiger partial charge in [0.05, 0.1) is 12.7 Å². The molecule has 0 radical (unpaired) electrons. The van der Waals surface area contributed by atoms with Crippen molar-refractivity contribution >= 4 is 5.91 Å². The normalized spacial score (nSPS) is 16.9. The molecule has 1 aromatic rings. The number of hydrogen-bond donors (Lipinski definition) is 1. The van der Waals surface area contributed by atoms with Crippen LogP contribution in [0.2, 0.25) is 0 Å². The van der Waals surface area contributed by atoms with Crippen LogP contribution in [-0.2, 0) is 0 Å². The van der Waals surface area contributed by atoms with E-state index in [1.54, 1.807) is 0 Å². The second-order valence-corrected chi connectivity index (χ2v) is 4.38. The fourth-order valence-electron chi connectivity index (χ4n) is 1.70. The monoisotopic (exact) mass is 277 g/mol. The van der Waals surface area contributed by atoms with Gasteiger partial charge in [-0.25, -0.2) is 4.39 Å². The third kappa shape index (κ3) is 2.50. The first-order chi connectivity index (χ1) is 8.79. The van der Waals surface area contributed by atoms with E-state index in [-0.39, 0.29) is 18.6 Å². The highest BCUT2D eigenvalue weighted by molar-refractivity contribution is 5.95. The van der Waals surface area contributed by atoms with Gasteiger partial charge in [0.2, 0.25) is 0 Å². The minimum atomic E-state index is -4.52. The van der Waals surface area contributed by atoms with Crippen molar-refractivity contribution in [2.24, 2.45) is 0 Å². The number of carbonyl (C=O) groups excluding carboxylic acids is 1. The number of ether oxygens (including phenoxy) is 1. The summed E-state index contributed by atoms with van der Waals surface area (Å²) in [6, 6.07) is 3.35. The van der Waals surface area contributed by atoms with Gasteiger partial charge in [-0.2, -0.15) is 13.2 Å². The maximum Gasteiger partial charge on any atom is 0.411 e. The fraction of sp³-hybridized carbons (Fsp3) is 0.417. The van der Waals surface area contributed by atoms with E-state index in [2.05, 4.69) is 0 Å². The Morgan fingerprint density at radius 2 is 2.00 bits per heavy atom. The third-order valence-electron chi connectivity index (χ3n) is 3.07. The Kier molecular flexibility index (Phi) is 3.15. The Hall–Kier alpha value is -1.79. The van der Waals surface area contributed by atoms with E-state index >= 15 is 0 Å². The molecule has 0 heterocycles. The second-order valence-electron chi connectivity index (χ2n) is 4.38. The molecule has 0 unspecified atom stereocenters. The molecule has 0 saturated heterocycles. The summed E-state index contributed by atoms with van der Waals surface area (Å²) in [5.74, 6) is -1.81. The minimum absolute atomic E-state index is 0.181. The van der Waals surface area contributed by atoms with Crippen molar-refractivity contribution in [3.8, 4) is 5.75 Å². The molecule has 1 amide bonds. The van der Waals surface area contributed by atoms with Gasteiger partial charge in [-0.3, -0.25) is 4.79 Å². The highest BCUT2D eigenvalue weighted by Gasteiger charge is 2.64. The Morgan fingerprint density at radius 1 is 1.37 bits per heavy atom. The van der Waals surface area contributed by atoms with E-state index in [1.165, 1.54) is 13.2 Å². The maximum absolute atomic E-state index is 13.6. The molecule has 0 spiro atoms. The van der Waals surface area contributed by atoms with Crippen LogP contribution in [0.1, 0.15) is 23.2 Å². The maximum atomic E-state index is 13.6. The molecule has 104 valence electrons. The summed E-state index contributed by atoms with van der Waals surface area (Å²) in [5, 5.41) is 1.86. The van der Waals surface area contributed by atoms with Crippen LogP contribution in [0.15, 0.2) is 18.2 Å². The molecular formula is C12H11F4NO2. The van der Waals surface area contributed by atoms with Gasteiger partial charge in [-0.15, -0.1) is 0 Å². The molecule has 1 N–H and O–H groups in total. The first-order valence-electron chi connectivity index (χ1n) is 5.52. The van der Waals surface area contributed by atoms with E-state index in [0.717, 1.165) is 12.1 Å². The number of halogens is 4. The standard InChI is InChI=1S/C12H11F4NO2/c1-19-7-2-3-8(9(13)6-7)10(18)17-11(4-5-11)12(14,15)16/h2-3,6H,4-5H2,1H3,(H,17,18). The van der Waals surface area contributed by atoms with Crippen molar-refractivity contribution in [1.82, 2.24) is 5.32 Å². The van der Waals surface area contributed by atoms with Gasteiger partial charge in [0.15, 0.2) is 0 Å². The Morgan fingerprint density at radius 3 is 2.42 bits per heavy atom. The first-order valence-corrected chi connectivity index (χ1v) is 5.52. The van der Waals surface area contributed by atoms with Crippen LogP contribution in [0.3, 0.4) is 0 Å². The van der Waals surface area contributed by atoms with Gasteiger partial charge >= 0.3 is 6.18 Å². The molecule has 0 aromatic heterocycles. The molecule has 1 saturated carbocycles. The predicted octanol–water partition coefficient (Wildman–Crippen LogP) is 2.66. The number of alkyl halides is 3. The molecule has 3 nitrogen and oxygen atoms in total. The molecule has 1 aliphatic carbocycles.